The van der Waals surface area contributed by atoms with Gasteiger partial charge in [-0.15, -0.1) is 0 Å². The van der Waals surface area contributed by atoms with Crippen LogP contribution in [0.3, 0.4) is 0 Å². The number of anilines is 2. The molecule has 1 saturated heterocycles. The van der Waals surface area contributed by atoms with E-state index in [2.05, 4.69) is 15.3 Å². The summed E-state index contributed by atoms with van der Waals surface area (Å²) in [5.74, 6) is 0.951. The number of aryl methyl sites for hydroxylation is 1. The Bertz CT molecular complexity index is 1060. The van der Waals surface area contributed by atoms with E-state index in [0.29, 0.717) is 18.1 Å². The molecule has 166 valence electrons. The van der Waals surface area contributed by atoms with Crippen LogP contribution < -0.4 is 10.1 Å². The molecule has 1 amide bonds. The van der Waals surface area contributed by atoms with Gasteiger partial charge in [-0.3, -0.25) is 14.8 Å². The van der Waals surface area contributed by atoms with Crippen molar-refractivity contribution < 1.29 is 13.9 Å². The lowest BCUT2D eigenvalue weighted by Gasteiger charge is -2.33. The number of aromatic nitrogens is 3. The van der Waals surface area contributed by atoms with Crippen molar-refractivity contribution in [2.45, 2.75) is 32.1 Å². The second-order valence-electron chi connectivity index (χ2n) is 7.87. The molecule has 2 aromatic heterocycles. The second kappa shape index (κ2) is 10.2. The number of ether oxygens (including phenoxy) is 1. The topological polar surface area (TPSA) is 80.2 Å². The summed E-state index contributed by atoms with van der Waals surface area (Å²) in [5, 5.41) is 3.27. The highest BCUT2D eigenvalue weighted by atomic mass is 19.1. The van der Waals surface area contributed by atoms with Crippen LogP contribution in [0.1, 0.15) is 36.6 Å². The van der Waals surface area contributed by atoms with Crippen molar-refractivity contribution in [1.29, 1.82) is 0 Å². The summed E-state index contributed by atoms with van der Waals surface area (Å²) in [7, 11) is 0. The molecule has 3 aromatic rings. The second-order valence-corrected chi connectivity index (χ2v) is 7.87. The molecule has 8 heteroatoms. The molecule has 0 radical (unpaired) electrons. The summed E-state index contributed by atoms with van der Waals surface area (Å²) in [6, 6.07) is 9.93. The molecule has 1 fully saturated rings. The smallest absolute Gasteiger partial charge is 0.226 e. The average molecular weight is 436 g/mol. The van der Waals surface area contributed by atoms with Gasteiger partial charge in [-0.1, -0.05) is 6.07 Å². The number of halogens is 1. The van der Waals surface area contributed by atoms with E-state index in [1.165, 1.54) is 12.1 Å². The fourth-order valence-corrected chi connectivity index (χ4v) is 3.90. The van der Waals surface area contributed by atoms with Crippen LogP contribution in [0.4, 0.5) is 15.9 Å². The predicted octanol–water partition coefficient (Wildman–Crippen LogP) is 4.24. The molecule has 4 rings (SSSR count). The molecule has 1 atom stereocenters. The molecule has 3 heterocycles. The number of hydrogen-bond donors (Lipinski definition) is 1. The normalized spacial score (nSPS) is 15.9. The van der Waals surface area contributed by atoms with Crippen LogP contribution in [0.5, 0.6) is 5.75 Å². The van der Waals surface area contributed by atoms with Crippen LogP contribution >= 0.6 is 0 Å². The van der Waals surface area contributed by atoms with Gasteiger partial charge < -0.3 is 15.0 Å². The Morgan fingerprint density at radius 3 is 3.00 bits per heavy atom. The van der Waals surface area contributed by atoms with Crippen molar-refractivity contribution in [3.8, 4) is 5.75 Å². The molecule has 7 nitrogen and oxygen atoms in total. The monoisotopic (exact) mass is 435 g/mol. The minimum Gasteiger partial charge on any atom is -0.493 e. The van der Waals surface area contributed by atoms with Gasteiger partial charge >= 0.3 is 0 Å². The van der Waals surface area contributed by atoms with Gasteiger partial charge in [-0.25, -0.2) is 9.37 Å². The van der Waals surface area contributed by atoms with Gasteiger partial charge in [0.25, 0.3) is 0 Å². The number of hydrogen-bond acceptors (Lipinski definition) is 6. The van der Waals surface area contributed by atoms with Crippen molar-refractivity contribution in [2.24, 2.45) is 0 Å². The summed E-state index contributed by atoms with van der Waals surface area (Å²) < 4.78 is 18.8. The Morgan fingerprint density at radius 2 is 2.19 bits per heavy atom. The SMILES string of the molecule is Cc1cc(Nc2cnccn2)cc([C@@H]2CCCN(C(=O)CCOc3cccc(F)c3)C2)n1. The molecule has 1 aliphatic heterocycles. The number of likely N-dealkylation sites (tertiary alicyclic amines) is 1. The van der Waals surface area contributed by atoms with Crippen LogP contribution in [0.25, 0.3) is 0 Å². The fourth-order valence-electron chi connectivity index (χ4n) is 3.90. The van der Waals surface area contributed by atoms with Crippen molar-refractivity contribution in [3.05, 3.63) is 72.2 Å². The van der Waals surface area contributed by atoms with E-state index in [1.54, 1.807) is 30.7 Å². The maximum Gasteiger partial charge on any atom is 0.226 e. The zero-order chi connectivity index (χ0) is 22.3. The average Bonchev–Trinajstić information content (AvgIpc) is 2.79. The molecular formula is C24H26FN5O2. The lowest BCUT2D eigenvalue weighted by atomic mass is 9.93. The molecule has 0 aliphatic carbocycles. The number of amides is 1. The highest BCUT2D eigenvalue weighted by molar-refractivity contribution is 5.76. The summed E-state index contributed by atoms with van der Waals surface area (Å²) in [5.41, 5.74) is 2.77. The van der Waals surface area contributed by atoms with Gasteiger partial charge in [0.15, 0.2) is 0 Å². The third kappa shape index (κ3) is 5.78. The summed E-state index contributed by atoms with van der Waals surface area (Å²) in [6.45, 7) is 3.53. The molecule has 0 spiro atoms. The summed E-state index contributed by atoms with van der Waals surface area (Å²) in [4.78, 5) is 27.7. The summed E-state index contributed by atoms with van der Waals surface area (Å²) >= 11 is 0. The maximum absolute atomic E-state index is 13.3. The van der Waals surface area contributed by atoms with Gasteiger partial charge in [-0.05, 0) is 44.0 Å². The van der Waals surface area contributed by atoms with Crippen LogP contribution in [0.15, 0.2) is 55.0 Å². The Hall–Kier alpha value is -3.55. The van der Waals surface area contributed by atoms with E-state index in [1.807, 2.05) is 24.0 Å². The molecule has 0 bridgehead atoms. The standard InChI is InChI=1S/C24H26FN5O2/c1-17-12-20(29-23-15-26-8-9-27-23)14-22(28-17)18-4-3-10-30(16-18)24(31)7-11-32-21-6-2-5-19(25)13-21/h2,5-6,8-9,12-15,18H,3-4,7,10-11,16H2,1H3,(H,27,28,29)/t18-/m1/s1. The van der Waals surface area contributed by atoms with E-state index >= 15 is 0 Å². The number of piperidine rings is 1. The zero-order valence-electron chi connectivity index (χ0n) is 18.0. The Labute approximate surface area is 186 Å². The van der Waals surface area contributed by atoms with Gasteiger partial charge in [0, 0.05) is 54.5 Å². The van der Waals surface area contributed by atoms with E-state index < -0.39 is 0 Å². The minimum atomic E-state index is -0.355. The van der Waals surface area contributed by atoms with E-state index in [4.69, 9.17) is 9.72 Å². The van der Waals surface area contributed by atoms with Gasteiger partial charge in [-0.2, -0.15) is 0 Å². The third-order valence-corrected chi connectivity index (χ3v) is 5.38. The van der Waals surface area contributed by atoms with Crippen LogP contribution in [0, 0.1) is 12.7 Å². The number of carbonyl (C=O) groups excluding carboxylic acids is 1. The molecule has 0 saturated carbocycles. The first-order chi connectivity index (χ1) is 15.6. The quantitative estimate of drug-likeness (QED) is 0.598. The predicted molar refractivity (Wildman–Crippen MR) is 119 cm³/mol. The molecular weight excluding hydrogens is 409 g/mol. The summed E-state index contributed by atoms with van der Waals surface area (Å²) in [6.07, 6.45) is 7.09. The molecule has 1 aliphatic rings. The Balaban J connectivity index is 1.36. The van der Waals surface area contributed by atoms with Crippen molar-refractivity contribution >= 4 is 17.4 Å². The fraction of sp³-hybridized carbons (Fsp3) is 0.333. The first-order valence-electron chi connectivity index (χ1n) is 10.7. The van der Waals surface area contributed by atoms with E-state index in [-0.39, 0.29) is 30.7 Å². The number of rotatable bonds is 7. The minimum absolute atomic E-state index is 0.0386. The highest BCUT2D eigenvalue weighted by Crippen LogP contribution is 2.29. The molecule has 32 heavy (non-hydrogen) atoms. The van der Waals surface area contributed by atoms with Crippen LogP contribution in [-0.4, -0.2) is 45.5 Å². The zero-order valence-corrected chi connectivity index (χ0v) is 18.0. The van der Waals surface area contributed by atoms with Crippen LogP contribution in [-0.2, 0) is 4.79 Å². The first kappa shape index (κ1) is 21.7. The number of nitrogens with one attached hydrogen (secondary N) is 1. The van der Waals surface area contributed by atoms with Gasteiger partial charge in [0.2, 0.25) is 5.91 Å². The van der Waals surface area contributed by atoms with Crippen molar-refractivity contribution in [3.63, 3.8) is 0 Å². The number of benzene rings is 1. The van der Waals surface area contributed by atoms with E-state index in [0.717, 1.165) is 36.5 Å². The van der Waals surface area contributed by atoms with Crippen molar-refractivity contribution in [2.75, 3.05) is 25.0 Å². The third-order valence-electron chi connectivity index (χ3n) is 5.38. The van der Waals surface area contributed by atoms with Gasteiger partial charge in [0.1, 0.15) is 17.4 Å². The lowest BCUT2D eigenvalue weighted by molar-refractivity contribution is -0.132. The number of pyridine rings is 1. The first-order valence-corrected chi connectivity index (χ1v) is 10.7. The highest BCUT2D eigenvalue weighted by Gasteiger charge is 2.26. The maximum atomic E-state index is 13.3. The molecule has 1 aromatic carbocycles. The van der Waals surface area contributed by atoms with Crippen LogP contribution in [0.2, 0.25) is 0 Å². The van der Waals surface area contributed by atoms with E-state index in [9.17, 15) is 9.18 Å². The lowest BCUT2D eigenvalue weighted by Crippen LogP contribution is -2.39. The number of carbonyl (C=O) groups is 1. The Kier molecular flexibility index (Phi) is 6.89. The van der Waals surface area contributed by atoms with Crippen molar-refractivity contribution in [1.82, 2.24) is 19.9 Å². The van der Waals surface area contributed by atoms with Gasteiger partial charge in [0.05, 0.1) is 19.2 Å². The molecule has 1 N–H and O–H groups in total. The molecule has 0 unspecified atom stereocenters. The Morgan fingerprint density at radius 1 is 1.28 bits per heavy atom. The number of nitrogens with zero attached hydrogens (tertiary/aromatic N) is 4. The largest absolute Gasteiger partial charge is 0.493 e.